The van der Waals surface area contributed by atoms with Crippen LogP contribution in [0.1, 0.15) is 62.1 Å². The van der Waals surface area contributed by atoms with E-state index in [4.69, 9.17) is 47.2 Å². The van der Waals surface area contributed by atoms with Crippen LogP contribution in [0.25, 0.3) is 44.6 Å². The third-order valence-electron chi connectivity index (χ3n) is 26.7. The Labute approximate surface area is 833 Å². The van der Waals surface area contributed by atoms with Crippen molar-refractivity contribution in [3.63, 3.8) is 0 Å². The van der Waals surface area contributed by atoms with E-state index in [2.05, 4.69) is 305 Å². The number of aromatic amines is 1. The molecule has 1 saturated heterocycles. The summed E-state index contributed by atoms with van der Waals surface area (Å²) in [5, 5.41) is 56.9. The number of nitrogens with zero attached hydrogens (tertiary/aromatic N) is 11. The monoisotopic (exact) mass is 1900 g/mol. The summed E-state index contributed by atoms with van der Waals surface area (Å²) in [6.45, 7) is 13.5. The van der Waals surface area contributed by atoms with Crippen LogP contribution >= 0.6 is 46.7 Å². The van der Waals surface area contributed by atoms with Gasteiger partial charge >= 0.3 is 41.5 Å². The lowest BCUT2D eigenvalue weighted by molar-refractivity contribution is 0.333. The molecular weight excluding hydrogens is 1800 g/mol. The van der Waals surface area contributed by atoms with Crippen molar-refractivity contribution in [2.75, 3.05) is 46.6 Å². The van der Waals surface area contributed by atoms with Gasteiger partial charge in [0.25, 0.3) is 0 Å². The van der Waals surface area contributed by atoms with Crippen LogP contribution in [0.2, 0.25) is 49.5 Å². The first kappa shape index (κ1) is 95.1. The van der Waals surface area contributed by atoms with E-state index in [1.165, 1.54) is 87.7 Å². The van der Waals surface area contributed by atoms with Crippen molar-refractivity contribution in [3.05, 3.63) is 388 Å². The van der Waals surface area contributed by atoms with Gasteiger partial charge in [-0.15, -0.1) is 22.0 Å². The van der Waals surface area contributed by atoms with Crippen LogP contribution in [-0.2, 0) is 79.0 Å². The van der Waals surface area contributed by atoms with Crippen molar-refractivity contribution >= 4 is 160 Å². The van der Waals surface area contributed by atoms with E-state index in [1.54, 1.807) is 35.9 Å². The zero-order valence-electron chi connectivity index (χ0n) is 78.0. The number of nitrogens with one attached hydrogen (secondary N) is 1. The van der Waals surface area contributed by atoms with Gasteiger partial charge in [0.2, 0.25) is 11.8 Å². The molecular formula is C110H104B6Cl2N12O7S2. The Kier molecular flexibility index (Phi) is 30.8. The van der Waals surface area contributed by atoms with E-state index in [1.807, 2.05) is 85.7 Å². The summed E-state index contributed by atoms with van der Waals surface area (Å²) in [6, 6.07) is 105. The van der Waals surface area contributed by atoms with E-state index in [9.17, 15) is 15.1 Å². The minimum Gasteiger partial charge on any atom is -0.458 e. The second kappa shape index (κ2) is 45.0. The van der Waals surface area contributed by atoms with Crippen LogP contribution in [0.4, 0.5) is 17.3 Å². The van der Waals surface area contributed by atoms with Gasteiger partial charge in [-0.3, -0.25) is 0 Å². The van der Waals surface area contributed by atoms with Crippen molar-refractivity contribution in [2.45, 2.75) is 126 Å². The van der Waals surface area contributed by atoms with Gasteiger partial charge in [-0.05, 0) is 261 Å². The molecule has 11 heterocycles. The number of halogens is 2. The maximum Gasteiger partial charge on any atom is 0.328 e. The fourth-order valence-corrected chi connectivity index (χ4v) is 21.5. The fourth-order valence-electron chi connectivity index (χ4n) is 19.2. The number of anilines is 3. The number of benzene rings is 13. The number of thioether (sulfide) groups is 1. The average Bonchev–Trinajstić information content (AvgIpc) is 1.62. The SMILES string of the molecule is CB1OCc2ccc(CCc3ccccc3)cc21.CB1OCc2ccc(N(Cc3ccccc3)Cc3ccccc3)cc21.CB1OCc2cccc(Oc3ccc(-c4nn[nH]n4)cc3)c21.N#CCCSc1cn(-c2ccc3c(c2)B(O)CC3)c2ccc(Cl)cc12.OB1CCc2ccc(-n3cc(Sc4ccccc4)c4cc(Cl)ccc43)cc21.OB1CCc2ccc(N3CCN(c4ncccn4)CC3)cc21. The van der Waals surface area contributed by atoms with Crippen LogP contribution in [0.15, 0.2) is 337 Å². The minimum absolute atomic E-state index is 0.0600. The third kappa shape index (κ3) is 23.0. The van der Waals surface area contributed by atoms with Crippen molar-refractivity contribution in [2.24, 2.45) is 0 Å². The van der Waals surface area contributed by atoms with Crippen molar-refractivity contribution in [1.82, 2.24) is 39.7 Å². The Hall–Kier alpha value is -12.8. The number of fused-ring (bicyclic) bond motifs is 8. The number of aromatic nitrogens is 8. The molecule has 690 valence electrons. The number of piperazine rings is 1. The second-order valence-electron chi connectivity index (χ2n) is 35.8. The first-order chi connectivity index (χ1) is 68.1. The lowest BCUT2D eigenvalue weighted by Gasteiger charge is -2.36. The number of rotatable bonds is 20. The van der Waals surface area contributed by atoms with Gasteiger partial charge in [-0.2, -0.15) is 10.5 Å². The van der Waals surface area contributed by atoms with Crippen LogP contribution in [0.5, 0.6) is 11.5 Å². The molecule has 0 spiro atoms. The zero-order valence-corrected chi connectivity index (χ0v) is 81.1. The second-order valence-corrected chi connectivity index (χ2v) is 39.0. The number of hydrogen-bond acceptors (Lipinski definition) is 18. The van der Waals surface area contributed by atoms with Gasteiger partial charge < -0.3 is 57.6 Å². The Balaban J connectivity index is 0.000000107. The van der Waals surface area contributed by atoms with Gasteiger partial charge in [0.1, 0.15) is 11.5 Å². The third-order valence-corrected chi connectivity index (χ3v) is 29.3. The molecule has 29 heteroatoms. The van der Waals surface area contributed by atoms with E-state index in [0.717, 1.165) is 197 Å². The molecule has 1 fully saturated rings. The van der Waals surface area contributed by atoms with Gasteiger partial charge in [0, 0.05) is 140 Å². The maximum absolute atomic E-state index is 10.3. The van der Waals surface area contributed by atoms with Crippen LogP contribution in [0.3, 0.4) is 0 Å². The molecule has 0 atom stereocenters. The topological polar surface area (TPSA) is 221 Å². The number of aryl methyl sites for hydroxylation is 5. The van der Waals surface area contributed by atoms with Crippen molar-refractivity contribution in [1.29, 1.82) is 5.26 Å². The fraction of sp³-hybridized carbons (Fsp3) is 0.200. The molecule has 7 aliphatic heterocycles. The lowest BCUT2D eigenvalue weighted by atomic mass is 9.63. The van der Waals surface area contributed by atoms with Crippen LogP contribution < -0.4 is 52.2 Å². The molecule has 24 rings (SSSR count). The van der Waals surface area contributed by atoms with Crippen molar-refractivity contribution in [3.8, 4) is 40.3 Å². The maximum atomic E-state index is 10.3. The van der Waals surface area contributed by atoms with Gasteiger partial charge in [-0.25, -0.2) is 9.97 Å². The highest BCUT2D eigenvalue weighted by molar-refractivity contribution is 7.99. The lowest BCUT2D eigenvalue weighted by Crippen LogP contribution is -2.47. The molecule has 139 heavy (non-hydrogen) atoms. The highest BCUT2D eigenvalue weighted by atomic mass is 35.5. The predicted molar refractivity (Wildman–Crippen MR) is 573 cm³/mol. The summed E-state index contributed by atoms with van der Waals surface area (Å²) in [5.74, 6) is 3.74. The molecule has 0 bridgehead atoms. The van der Waals surface area contributed by atoms with Gasteiger partial charge in [0.15, 0.2) is 0 Å². The molecule has 4 N–H and O–H groups in total. The summed E-state index contributed by atoms with van der Waals surface area (Å²) < 4.78 is 27.4. The average molecular weight is 1910 g/mol. The van der Waals surface area contributed by atoms with Gasteiger partial charge in [0.05, 0.1) is 36.9 Å². The summed E-state index contributed by atoms with van der Waals surface area (Å²) in [6.07, 6.45) is 15.9. The molecule has 19 nitrogen and oxygen atoms in total. The molecule has 7 aliphatic rings. The summed E-state index contributed by atoms with van der Waals surface area (Å²) in [5.41, 5.74) is 27.8. The summed E-state index contributed by atoms with van der Waals surface area (Å²) in [7, 11) is 0. The predicted octanol–water partition coefficient (Wildman–Crippen LogP) is 18.9. The molecule has 0 aliphatic carbocycles. The number of hydrogen-bond donors (Lipinski definition) is 4. The molecule has 0 saturated carbocycles. The molecule has 4 aromatic heterocycles. The highest BCUT2D eigenvalue weighted by Gasteiger charge is 2.33. The summed E-state index contributed by atoms with van der Waals surface area (Å²) >= 11 is 15.9. The standard InChI is InChI=1S/C22H17BClNOS.C22H22BNO.C19H16BClN2OS.C16H19BN4O.C16H17BO.C15H13BN4O2/c24-16-7-9-21-19(12-16)22(27-18-4-2-1-3-5-18)14-25(21)17-8-6-15-10-11-23(26)20(15)13-17;1-23-22-14-21(13-12-20(22)17-25-23)24(15-18-8-4-2-5-9-18)16-19-10-6-3-7-11-19;21-14-3-5-18-16(10-14)19(25-9-1-8-22)12-23(18)15-4-2-13-6-7-20(24)17(13)11-15;22-17-5-4-13-2-3-14(12-15(13)17)20-8-10-21(11-9-20)16-18-6-1-7-19-16;1-17-16-11-14(9-10-15(16)12-18-17)8-7-13-5-3-2-4-6-13;1-16-14-11(9-21-16)3-2-4-13(14)22-12-7-5-10(6-8-12)15-17-19-20-18-15/h1-9,12-14,26H,10-11H2;2-14H,15-17H2,1H3;2-5,10-12,24H,1,6-7,9H2;1-3,6-7,12,22H,4-5,8-11H2;2-6,9-11H,7-8,12H2,1H3;2-8H,9H2,1H3,(H,17,18,19,20). The van der Waals surface area contributed by atoms with Gasteiger partial charge in [-0.1, -0.05) is 236 Å². The molecule has 0 radical (unpaired) electrons. The first-order valence-electron chi connectivity index (χ1n) is 47.7. The Morgan fingerprint density at radius 2 is 0.971 bits per heavy atom. The number of H-pyrrole nitrogens is 1. The summed E-state index contributed by atoms with van der Waals surface area (Å²) in [4.78, 5) is 19.2. The highest BCUT2D eigenvalue weighted by Crippen LogP contribution is 2.40. The minimum atomic E-state index is -0.365. The Morgan fingerprint density at radius 3 is 1.55 bits per heavy atom. The quantitative estimate of drug-likeness (QED) is 0.0316. The van der Waals surface area contributed by atoms with Crippen LogP contribution in [-0.4, -0.2) is 128 Å². The normalized spacial score (nSPS) is 14.0. The zero-order chi connectivity index (χ0) is 95.1. The number of nitriles is 1. The van der Waals surface area contributed by atoms with E-state index in [-0.39, 0.29) is 41.5 Å². The Morgan fingerprint density at radius 1 is 0.468 bits per heavy atom. The Bertz CT molecular complexity index is 7090. The molecule has 17 aromatic rings. The van der Waals surface area contributed by atoms with E-state index < -0.39 is 0 Å². The van der Waals surface area contributed by atoms with Crippen molar-refractivity contribution < 1.29 is 33.8 Å². The first-order valence-corrected chi connectivity index (χ1v) is 50.3. The number of ether oxygens (including phenoxy) is 1. The van der Waals surface area contributed by atoms with E-state index in [0.29, 0.717) is 23.9 Å². The smallest absolute Gasteiger partial charge is 0.328 e. The molecule has 13 aromatic carbocycles. The van der Waals surface area contributed by atoms with Crippen LogP contribution in [0, 0.1) is 11.3 Å². The van der Waals surface area contributed by atoms with E-state index >= 15 is 0 Å². The largest absolute Gasteiger partial charge is 0.458 e. The number of tetrazole rings is 1. The molecule has 0 unspecified atom stereocenters. The molecule has 0 amide bonds.